The van der Waals surface area contributed by atoms with Crippen molar-refractivity contribution in [3.8, 4) is 0 Å². The van der Waals surface area contributed by atoms with Crippen molar-refractivity contribution in [3.05, 3.63) is 17.5 Å². The minimum atomic E-state index is 0.435. The number of hydrogen-bond acceptors (Lipinski definition) is 4. The summed E-state index contributed by atoms with van der Waals surface area (Å²) >= 11 is 0. The molecule has 0 bridgehead atoms. The summed E-state index contributed by atoms with van der Waals surface area (Å²) in [5.74, 6) is 0.987. The molecule has 0 aliphatic carbocycles. The molecule has 102 valence electrons. The summed E-state index contributed by atoms with van der Waals surface area (Å²) < 4.78 is 5.40. The minimum absolute atomic E-state index is 0.435. The summed E-state index contributed by atoms with van der Waals surface area (Å²) in [6.07, 6.45) is 2.61. The maximum atomic E-state index is 5.40. The Hall–Kier alpha value is -0.870. The van der Waals surface area contributed by atoms with E-state index in [1.54, 1.807) is 0 Å². The second kappa shape index (κ2) is 5.85. The molecule has 0 amide bonds. The van der Waals surface area contributed by atoms with Crippen molar-refractivity contribution in [2.24, 2.45) is 5.41 Å². The molecule has 1 aromatic rings. The molecule has 0 radical (unpaired) electrons. The van der Waals surface area contributed by atoms with Gasteiger partial charge in [-0.15, -0.1) is 0 Å². The van der Waals surface area contributed by atoms with Gasteiger partial charge in [0.05, 0.1) is 12.2 Å². The van der Waals surface area contributed by atoms with Gasteiger partial charge < -0.3 is 9.84 Å². The first-order valence-corrected chi connectivity index (χ1v) is 6.96. The van der Waals surface area contributed by atoms with E-state index in [1.807, 2.05) is 0 Å². The lowest BCUT2D eigenvalue weighted by atomic mass is 9.84. The topological polar surface area (TPSA) is 41.3 Å². The van der Waals surface area contributed by atoms with Gasteiger partial charge in [0.25, 0.3) is 0 Å². The van der Waals surface area contributed by atoms with E-state index in [4.69, 9.17) is 4.52 Å². The minimum Gasteiger partial charge on any atom is -0.360 e. The predicted octanol–water partition coefficient (Wildman–Crippen LogP) is 2.41. The van der Waals surface area contributed by atoms with Gasteiger partial charge in [0.15, 0.2) is 5.76 Å². The molecule has 0 saturated carbocycles. The van der Waals surface area contributed by atoms with Crippen LogP contribution in [-0.2, 0) is 13.1 Å². The van der Waals surface area contributed by atoms with E-state index in [2.05, 4.69) is 42.2 Å². The van der Waals surface area contributed by atoms with Crippen molar-refractivity contribution in [1.29, 1.82) is 0 Å². The summed E-state index contributed by atoms with van der Waals surface area (Å²) in [4.78, 5) is 2.47. The molecule has 4 heteroatoms. The van der Waals surface area contributed by atoms with Crippen molar-refractivity contribution < 1.29 is 4.52 Å². The fourth-order valence-corrected chi connectivity index (χ4v) is 2.67. The molecule has 4 nitrogen and oxygen atoms in total. The Labute approximate surface area is 110 Å². The van der Waals surface area contributed by atoms with Crippen molar-refractivity contribution in [2.75, 3.05) is 19.6 Å². The highest BCUT2D eigenvalue weighted by Gasteiger charge is 2.26. The van der Waals surface area contributed by atoms with Gasteiger partial charge >= 0.3 is 0 Å². The van der Waals surface area contributed by atoms with Crippen LogP contribution < -0.4 is 5.32 Å². The molecule has 0 unspecified atom stereocenters. The highest BCUT2D eigenvalue weighted by molar-refractivity contribution is 5.05. The quantitative estimate of drug-likeness (QED) is 0.872. The number of rotatable bonds is 5. The van der Waals surface area contributed by atoms with Gasteiger partial charge in [0.2, 0.25) is 0 Å². The van der Waals surface area contributed by atoms with Crippen LogP contribution in [0.3, 0.4) is 0 Å². The van der Waals surface area contributed by atoms with Crippen molar-refractivity contribution in [2.45, 2.75) is 46.7 Å². The van der Waals surface area contributed by atoms with Gasteiger partial charge in [0, 0.05) is 19.2 Å². The summed E-state index contributed by atoms with van der Waals surface area (Å²) in [5, 5.41) is 7.35. The summed E-state index contributed by atoms with van der Waals surface area (Å²) in [6.45, 7) is 11.8. The van der Waals surface area contributed by atoms with Crippen LogP contribution in [0.15, 0.2) is 10.6 Å². The molecular weight excluding hydrogens is 226 g/mol. The van der Waals surface area contributed by atoms with Crippen LogP contribution in [-0.4, -0.2) is 29.7 Å². The van der Waals surface area contributed by atoms with Gasteiger partial charge in [0.1, 0.15) is 0 Å². The predicted molar refractivity (Wildman–Crippen MR) is 72.2 cm³/mol. The van der Waals surface area contributed by atoms with E-state index < -0.39 is 0 Å². The van der Waals surface area contributed by atoms with E-state index in [0.717, 1.165) is 37.6 Å². The van der Waals surface area contributed by atoms with Crippen molar-refractivity contribution in [1.82, 2.24) is 15.4 Å². The second-order valence-corrected chi connectivity index (χ2v) is 6.04. The zero-order chi connectivity index (χ0) is 13.0. The first-order chi connectivity index (χ1) is 8.59. The summed E-state index contributed by atoms with van der Waals surface area (Å²) in [5.41, 5.74) is 1.44. The van der Waals surface area contributed by atoms with Crippen LogP contribution in [0.1, 0.15) is 45.1 Å². The second-order valence-electron chi connectivity index (χ2n) is 6.04. The number of piperidine rings is 1. The SMILES string of the molecule is CCNCc1cc(CN2CCCC(C)(C)C2)on1. The lowest BCUT2D eigenvalue weighted by Gasteiger charge is -2.37. The molecule has 1 aliphatic heterocycles. The maximum Gasteiger partial charge on any atom is 0.151 e. The summed E-state index contributed by atoms with van der Waals surface area (Å²) in [7, 11) is 0. The molecule has 1 saturated heterocycles. The van der Waals surface area contributed by atoms with E-state index in [1.165, 1.54) is 19.4 Å². The fourth-order valence-electron chi connectivity index (χ4n) is 2.67. The molecule has 0 atom stereocenters. The lowest BCUT2D eigenvalue weighted by Crippen LogP contribution is -2.39. The number of nitrogens with one attached hydrogen (secondary N) is 1. The number of nitrogens with zero attached hydrogens (tertiary/aromatic N) is 2. The Kier molecular flexibility index (Phi) is 4.40. The monoisotopic (exact) mass is 251 g/mol. The molecule has 0 aromatic carbocycles. The maximum absolute atomic E-state index is 5.40. The molecule has 18 heavy (non-hydrogen) atoms. The largest absolute Gasteiger partial charge is 0.360 e. The molecule has 0 spiro atoms. The fraction of sp³-hybridized carbons (Fsp3) is 0.786. The summed E-state index contributed by atoms with van der Waals surface area (Å²) in [6, 6.07) is 2.07. The van der Waals surface area contributed by atoms with Gasteiger partial charge in [-0.25, -0.2) is 0 Å². The Balaban J connectivity index is 1.87. The Morgan fingerprint density at radius 2 is 2.33 bits per heavy atom. The molecular formula is C14H25N3O. The Morgan fingerprint density at radius 1 is 1.50 bits per heavy atom. The number of likely N-dealkylation sites (tertiary alicyclic amines) is 1. The van der Waals surface area contributed by atoms with Crippen molar-refractivity contribution in [3.63, 3.8) is 0 Å². The molecule has 1 aromatic heterocycles. The zero-order valence-corrected chi connectivity index (χ0v) is 11.8. The zero-order valence-electron chi connectivity index (χ0n) is 11.8. The van der Waals surface area contributed by atoms with Gasteiger partial charge in [-0.05, 0) is 31.3 Å². The van der Waals surface area contributed by atoms with E-state index in [0.29, 0.717) is 5.41 Å². The lowest BCUT2D eigenvalue weighted by molar-refractivity contribution is 0.102. The Bertz CT molecular complexity index is 373. The Morgan fingerprint density at radius 3 is 3.06 bits per heavy atom. The van der Waals surface area contributed by atoms with Gasteiger partial charge in [-0.1, -0.05) is 25.9 Å². The average molecular weight is 251 g/mol. The van der Waals surface area contributed by atoms with Crippen LogP contribution >= 0.6 is 0 Å². The molecule has 2 heterocycles. The van der Waals surface area contributed by atoms with Gasteiger partial charge in [-0.3, -0.25) is 4.90 Å². The third-order valence-corrected chi connectivity index (χ3v) is 3.52. The van der Waals surface area contributed by atoms with Crippen LogP contribution in [0.5, 0.6) is 0 Å². The van der Waals surface area contributed by atoms with E-state index in [9.17, 15) is 0 Å². The van der Waals surface area contributed by atoms with Crippen LogP contribution in [0, 0.1) is 5.41 Å². The smallest absolute Gasteiger partial charge is 0.151 e. The van der Waals surface area contributed by atoms with E-state index in [-0.39, 0.29) is 0 Å². The standard InChI is InChI=1S/C14H25N3O/c1-4-15-9-12-8-13(18-16-12)10-17-7-5-6-14(2,3)11-17/h8,15H,4-7,9-11H2,1-3H3. The average Bonchev–Trinajstić information content (AvgIpc) is 2.73. The molecule has 1 aliphatic rings. The molecule has 1 fully saturated rings. The third kappa shape index (κ3) is 3.82. The number of hydrogen-bond donors (Lipinski definition) is 1. The first-order valence-electron chi connectivity index (χ1n) is 6.96. The van der Waals surface area contributed by atoms with Crippen LogP contribution in [0.25, 0.3) is 0 Å². The number of aromatic nitrogens is 1. The van der Waals surface area contributed by atoms with Crippen LogP contribution in [0.2, 0.25) is 0 Å². The first kappa shape index (κ1) is 13.6. The highest BCUT2D eigenvalue weighted by Crippen LogP contribution is 2.29. The normalized spacial score (nSPS) is 20.2. The van der Waals surface area contributed by atoms with Crippen molar-refractivity contribution >= 4 is 0 Å². The van der Waals surface area contributed by atoms with Gasteiger partial charge in [-0.2, -0.15) is 0 Å². The molecule has 1 N–H and O–H groups in total. The third-order valence-electron chi connectivity index (χ3n) is 3.52. The van der Waals surface area contributed by atoms with Crippen LogP contribution in [0.4, 0.5) is 0 Å². The highest BCUT2D eigenvalue weighted by atomic mass is 16.5. The van der Waals surface area contributed by atoms with E-state index >= 15 is 0 Å². The molecule has 2 rings (SSSR count).